The van der Waals surface area contributed by atoms with E-state index in [-0.39, 0.29) is 15.0 Å². The quantitative estimate of drug-likeness (QED) is 0.618. The number of benzene rings is 2. The van der Waals surface area contributed by atoms with Crippen LogP contribution in [0.5, 0.6) is 0 Å². The minimum absolute atomic E-state index is 0.0371. The third kappa shape index (κ3) is 4.05. The molecule has 0 radical (unpaired) electrons. The number of hydrogen-bond acceptors (Lipinski definition) is 5. The normalized spacial score (nSPS) is 11.7. The van der Waals surface area contributed by atoms with Gasteiger partial charge in [-0.25, -0.2) is 22.6 Å². The maximum absolute atomic E-state index is 13.9. The Morgan fingerprint density at radius 3 is 2.67 bits per heavy atom. The highest BCUT2D eigenvalue weighted by atomic mass is 35.5. The maximum atomic E-state index is 13.9. The van der Waals surface area contributed by atoms with Gasteiger partial charge in [0, 0.05) is 5.69 Å². The summed E-state index contributed by atoms with van der Waals surface area (Å²) < 4.78 is 39.0. The SMILES string of the molecule is CC(C)S(=O)(=O)c1nc2ccc(NC(=O)Nc3cccc(Cl)c3F)cc2s1. The van der Waals surface area contributed by atoms with Crippen LogP contribution in [-0.4, -0.2) is 24.7 Å². The molecule has 0 fully saturated rings. The molecule has 27 heavy (non-hydrogen) atoms. The van der Waals surface area contributed by atoms with Gasteiger partial charge in [0.1, 0.15) is 0 Å². The van der Waals surface area contributed by atoms with Gasteiger partial charge >= 0.3 is 6.03 Å². The number of thiazole rings is 1. The second kappa shape index (κ2) is 7.41. The van der Waals surface area contributed by atoms with Gasteiger partial charge in [-0.2, -0.15) is 0 Å². The molecule has 10 heteroatoms. The lowest BCUT2D eigenvalue weighted by Crippen LogP contribution is -2.20. The molecule has 0 aliphatic rings. The second-order valence-electron chi connectivity index (χ2n) is 5.94. The van der Waals surface area contributed by atoms with Gasteiger partial charge in [0.05, 0.1) is 26.2 Å². The fourth-order valence-corrected chi connectivity index (χ4v) is 5.04. The van der Waals surface area contributed by atoms with E-state index in [9.17, 15) is 17.6 Å². The Morgan fingerprint density at radius 1 is 1.22 bits per heavy atom. The molecule has 142 valence electrons. The van der Waals surface area contributed by atoms with E-state index in [1.54, 1.807) is 32.0 Å². The van der Waals surface area contributed by atoms with Crippen LogP contribution in [0.1, 0.15) is 13.8 Å². The molecule has 2 amide bonds. The smallest absolute Gasteiger partial charge is 0.308 e. The molecule has 0 atom stereocenters. The lowest BCUT2D eigenvalue weighted by atomic mass is 10.3. The van der Waals surface area contributed by atoms with Gasteiger partial charge in [-0.05, 0) is 44.2 Å². The van der Waals surface area contributed by atoms with Gasteiger partial charge in [0.25, 0.3) is 0 Å². The van der Waals surface area contributed by atoms with Crippen LogP contribution in [0, 0.1) is 5.82 Å². The van der Waals surface area contributed by atoms with Crippen molar-refractivity contribution in [2.45, 2.75) is 23.4 Å². The number of rotatable bonds is 4. The van der Waals surface area contributed by atoms with Gasteiger partial charge in [0.2, 0.25) is 14.2 Å². The first-order chi connectivity index (χ1) is 12.7. The monoisotopic (exact) mass is 427 g/mol. The van der Waals surface area contributed by atoms with Crippen molar-refractivity contribution in [3.8, 4) is 0 Å². The Bertz CT molecular complexity index is 1130. The molecule has 6 nitrogen and oxygen atoms in total. The van der Waals surface area contributed by atoms with Crippen molar-refractivity contribution in [2.24, 2.45) is 0 Å². The largest absolute Gasteiger partial charge is 0.323 e. The molecule has 0 aliphatic heterocycles. The van der Waals surface area contributed by atoms with Crippen LogP contribution in [0.3, 0.4) is 0 Å². The molecular weight excluding hydrogens is 413 g/mol. The number of anilines is 2. The third-order valence-corrected chi connectivity index (χ3v) is 7.56. The zero-order valence-electron chi connectivity index (χ0n) is 14.3. The number of urea groups is 1. The van der Waals surface area contributed by atoms with Gasteiger partial charge in [-0.1, -0.05) is 17.7 Å². The van der Waals surface area contributed by atoms with Crippen LogP contribution in [0.2, 0.25) is 5.02 Å². The summed E-state index contributed by atoms with van der Waals surface area (Å²) in [5.41, 5.74) is 0.884. The molecule has 1 aromatic heterocycles. The van der Waals surface area contributed by atoms with Gasteiger partial charge in [-0.15, -0.1) is 11.3 Å². The highest BCUT2D eigenvalue weighted by Gasteiger charge is 2.23. The molecule has 0 bridgehead atoms. The van der Waals surface area contributed by atoms with Crippen molar-refractivity contribution in [3.63, 3.8) is 0 Å². The highest BCUT2D eigenvalue weighted by Crippen LogP contribution is 2.30. The molecule has 3 aromatic rings. The summed E-state index contributed by atoms with van der Waals surface area (Å²) in [4.78, 5) is 16.2. The van der Waals surface area contributed by atoms with Gasteiger partial charge in [-0.3, -0.25) is 0 Å². The number of aromatic nitrogens is 1. The van der Waals surface area contributed by atoms with E-state index < -0.39 is 26.9 Å². The Labute approximate surface area is 164 Å². The molecule has 2 aromatic carbocycles. The Balaban J connectivity index is 1.81. The first-order valence-corrected chi connectivity index (χ1v) is 10.6. The predicted molar refractivity (Wildman–Crippen MR) is 106 cm³/mol. The van der Waals surface area contributed by atoms with E-state index in [1.807, 2.05) is 0 Å². The molecule has 0 aliphatic carbocycles. The number of carbonyl (C=O) groups is 1. The lowest BCUT2D eigenvalue weighted by molar-refractivity contribution is 0.262. The van der Waals surface area contributed by atoms with Crippen LogP contribution in [0.15, 0.2) is 40.7 Å². The molecule has 0 saturated heterocycles. The van der Waals surface area contributed by atoms with E-state index in [4.69, 9.17) is 11.6 Å². The highest BCUT2D eigenvalue weighted by molar-refractivity contribution is 7.94. The first-order valence-electron chi connectivity index (χ1n) is 7.85. The first kappa shape index (κ1) is 19.5. The van der Waals surface area contributed by atoms with Crippen LogP contribution in [-0.2, 0) is 9.84 Å². The minimum Gasteiger partial charge on any atom is -0.308 e. The van der Waals surface area contributed by atoms with Crippen LogP contribution >= 0.6 is 22.9 Å². The van der Waals surface area contributed by atoms with Crippen LogP contribution < -0.4 is 10.6 Å². The van der Waals surface area contributed by atoms with Gasteiger partial charge in [0.15, 0.2) is 5.82 Å². The summed E-state index contributed by atoms with van der Waals surface area (Å²) in [5, 5.41) is 4.27. The van der Waals surface area contributed by atoms with E-state index in [2.05, 4.69) is 15.6 Å². The average Bonchev–Trinajstić information content (AvgIpc) is 3.03. The summed E-state index contributed by atoms with van der Waals surface area (Å²) in [6.07, 6.45) is 0. The summed E-state index contributed by atoms with van der Waals surface area (Å²) in [5.74, 6) is -0.726. The Morgan fingerprint density at radius 2 is 1.96 bits per heavy atom. The number of nitrogens with zero attached hydrogens (tertiary/aromatic N) is 1. The van der Waals surface area contributed by atoms with E-state index >= 15 is 0 Å². The Hall–Kier alpha value is -2.23. The molecule has 0 spiro atoms. The maximum Gasteiger partial charge on any atom is 0.323 e. The fraction of sp³-hybridized carbons (Fsp3) is 0.176. The molecule has 2 N–H and O–H groups in total. The molecule has 1 heterocycles. The van der Waals surface area contributed by atoms with Gasteiger partial charge < -0.3 is 10.6 Å². The molecular formula is C17H15ClFN3O3S2. The lowest BCUT2D eigenvalue weighted by Gasteiger charge is -2.09. The van der Waals surface area contributed by atoms with Crippen molar-refractivity contribution >= 4 is 60.4 Å². The second-order valence-corrected chi connectivity index (χ2v) is 10.1. The average molecular weight is 428 g/mol. The number of fused-ring (bicyclic) bond motifs is 1. The fourth-order valence-electron chi connectivity index (χ4n) is 2.19. The van der Waals surface area contributed by atoms with E-state index in [0.29, 0.717) is 15.9 Å². The number of nitrogens with one attached hydrogen (secondary N) is 2. The van der Waals surface area contributed by atoms with E-state index in [0.717, 1.165) is 11.3 Å². The molecule has 3 rings (SSSR count). The number of amides is 2. The Kier molecular flexibility index (Phi) is 5.36. The number of hydrogen-bond donors (Lipinski definition) is 2. The standard InChI is InChI=1S/C17H15ClFN3O3S2/c1-9(2)27(24,25)17-22-12-7-6-10(8-14(12)26-17)20-16(23)21-13-5-3-4-11(18)15(13)19/h3-9H,1-2H3,(H2,20,21,23). The zero-order valence-corrected chi connectivity index (χ0v) is 16.7. The summed E-state index contributed by atoms with van der Waals surface area (Å²) in [6.45, 7) is 3.18. The van der Waals surface area contributed by atoms with E-state index in [1.165, 1.54) is 18.2 Å². The summed E-state index contributed by atoms with van der Waals surface area (Å²) in [6, 6.07) is 8.43. The van der Waals surface area contributed by atoms with Crippen molar-refractivity contribution in [2.75, 3.05) is 10.6 Å². The number of sulfone groups is 1. The molecule has 0 saturated carbocycles. The zero-order chi connectivity index (χ0) is 19.8. The summed E-state index contributed by atoms with van der Waals surface area (Å²) >= 11 is 6.72. The van der Waals surface area contributed by atoms with Crippen molar-refractivity contribution < 1.29 is 17.6 Å². The van der Waals surface area contributed by atoms with Crippen molar-refractivity contribution in [3.05, 3.63) is 47.2 Å². The molecule has 0 unspecified atom stereocenters. The van der Waals surface area contributed by atoms with Crippen molar-refractivity contribution in [1.29, 1.82) is 0 Å². The summed E-state index contributed by atoms with van der Waals surface area (Å²) in [7, 11) is -3.47. The number of carbonyl (C=O) groups excluding carboxylic acids is 1. The number of halogens is 2. The minimum atomic E-state index is -3.47. The predicted octanol–water partition coefficient (Wildman–Crippen LogP) is 4.91. The third-order valence-electron chi connectivity index (χ3n) is 3.69. The van der Waals surface area contributed by atoms with Crippen LogP contribution in [0.25, 0.3) is 10.2 Å². The topological polar surface area (TPSA) is 88.2 Å². The van der Waals surface area contributed by atoms with Crippen LogP contribution in [0.4, 0.5) is 20.6 Å². The van der Waals surface area contributed by atoms with Crippen molar-refractivity contribution in [1.82, 2.24) is 4.98 Å².